The van der Waals surface area contributed by atoms with E-state index >= 15 is 0 Å². The summed E-state index contributed by atoms with van der Waals surface area (Å²) in [5, 5.41) is 0.837. The van der Waals surface area contributed by atoms with Gasteiger partial charge < -0.3 is 9.31 Å². The van der Waals surface area contributed by atoms with E-state index in [1.807, 2.05) is 6.07 Å². The number of rotatable bonds is 3. The van der Waals surface area contributed by atoms with Crippen LogP contribution in [0.5, 0.6) is 0 Å². The van der Waals surface area contributed by atoms with Crippen LogP contribution in [0.4, 0.5) is 0 Å². The summed E-state index contributed by atoms with van der Waals surface area (Å²) >= 11 is 6.41. The molecule has 108 valence electrons. The van der Waals surface area contributed by atoms with Crippen LogP contribution in [-0.2, 0) is 15.7 Å². The maximum atomic E-state index is 6.41. The quantitative estimate of drug-likeness (QED) is 0.793. The molecular weight excluding hydrogens is 270 g/mol. The van der Waals surface area contributed by atoms with E-state index in [-0.39, 0.29) is 18.3 Å². The second kappa shape index (κ2) is 4.76. The normalized spacial score (nSPS) is 24.1. The third-order valence-corrected chi connectivity index (χ3v) is 5.16. The summed E-state index contributed by atoms with van der Waals surface area (Å²) in [4.78, 5) is 0. The summed E-state index contributed by atoms with van der Waals surface area (Å²) in [6.07, 6.45) is 3.78. The summed E-state index contributed by atoms with van der Waals surface area (Å²) in [6, 6.07) is 6.22. The first-order valence-electron chi connectivity index (χ1n) is 7.42. The molecule has 0 radical (unpaired) electrons. The number of halogens is 1. The Morgan fingerprint density at radius 1 is 1.15 bits per heavy atom. The molecule has 1 aliphatic heterocycles. The molecule has 0 bridgehead atoms. The predicted octanol–water partition coefficient (Wildman–Crippen LogP) is 3.59. The molecule has 3 rings (SSSR count). The average molecular weight is 293 g/mol. The lowest BCUT2D eigenvalue weighted by molar-refractivity contribution is 0.00578. The highest BCUT2D eigenvalue weighted by atomic mass is 35.5. The van der Waals surface area contributed by atoms with Crippen molar-refractivity contribution in [2.24, 2.45) is 5.92 Å². The molecule has 2 fully saturated rings. The highest BCUT2D eigenvalue weighted by Crippen LogP contribution is 2.37. The summed E-state index contributed by atoms with van der Waals surface area (Å²) in [7, 11) is -0.326. The van der Waals surface area contributed by atoms with Crippen molar-refractivity contribution in [3.05, 3.63) is 28.8 Å². The Morgan fingerprint density at radius 2 is 1.75 bits per heavy atom. The first-order valence-corrected chi connectivity index (χ1v) is 7.80. The Kier molecular flexibility index (Phi) is 3.43. The molecule has 0 spiro atoms. The number of hydrogen-bond donors (Lipinski definition) is 0. The minimum absolute atomic E-state index is 0.309. The van der Waals surface area contributed by atoms with Crippen molar-refractivity contribution >= 4 is 24.2 Å². The van der Waals surface area contributed by atoms with Crippen molar-refractivity contribution < 1.29 is 9.31 Å². The van der Waals surface area contributed by atoms with E-state index in [1.165, 1.54) is 18.4 Å². The maximum absolute atomic E-state index is 6.41. The minimum Gasteiger partial charge on any atom is -0.399 e. The van der Waals surface area contributed by atoms with Gasteiger partial charge in [-0.1, -0.05) is 23.7 Å². The smallest absolute Gasteiger partial charge is 0.399 e. The van der Waals surface area contributed by atoms with E-state index in [2.05, 4.69) is 39.8 Å². The Balaban J connectivity index is 1.79. The van der Waals surface area contributed by atoms with Gasteiger partial charge in [0.05, 0.1) is 11.2 Å². The molecule has 0 amide bonds. The molecule has 20 heavy (non-hydrogen) atoms. The lowest BCUT2D eigenvalue weighted by atomic mass is 9.78. The molecule has 0 N–H and O–H groups in total. The van der Waals surface area contributed by atoms with Gasteiger partial charge in [-0.05, 0) is 70.0 Å². The Hall–Kier alpha value is -0.505. The van der Waals surface area contributed by atoms with E-state index in [0.717, 1.165) is 22.8 Å². The number of benzene rings is 1. The third kappa shape index (κ3) is 2.64. The fourth-order valence-electron chi connectivity index (χ4n) is 2.49. The van der Waals surface area contributed by atoms with Crippen LogP contribution in [0.3, 0.4) is 0 Å². The van der Waals surface area contributed by atoms with Gasteiger partial charge >= 0.3 is 7.12 Å². The zero-order valence-corrected chi connectivity index (χ0v) is 13.5. The van der Waals surface area contributed by atoms with Crippen molar-refractivity contribution in [1.29, 1.82) is 0 Å². The van der Waals surface area contributed by atoms with Crippen molar-refractivity contribution in [3.63, 3.8) is 0 Å². The van der Waals surface area contributed by atoms with E-state index < -0.39 is 0 Å². The molecule has 1 heterocycles. The van der Waals surface area contributed by atoms with Crippen LogP contribution in [0.15, 0.2) is 18.2 Å². The zero-order chi connectivity index (χ0) is 14.5. The van der Waals surface area contributed by atoms with Crippen LogP contribution >= 0.6 is 11.6 Å². The van der Waals surface area contributed by atoms with Crippen molar-refractivity contribution in [1.82, 2.24) is 0 Å². The van der Waals surface area contributed by atoms with Gasteiger partial charge in [0.25, 0.3) is 0 Å². The number of hydrogen-bond acceptors (Lipinski definition) is 2. The van der Waals surface area contributed by atoms with Gasteiger partial charge in [0.1, 0.15) is 0 Å². The SMILES string of the molecule is CC1(C)OB(c2ccc(CC3CC3)c(Cl)c2)OC1(C)C. The summed E-state index contributed by atoms with van der Waals surface area (Å²) < 4.78 is 12.1. The molecule has 1 aromatic rings. The van der Waals surface area contributed by atoms with Gasteiger partial charge in [-0.15, -0.1) is 0 Å². The summed E-state index contributed by atoms with van der Waals surface area (Å²) in [5.74, 6) is 0.843. The van der Waals surface area contributed by atoms with Gasteiger partial charge in [-0.3, -0.25) is 0 Å². The van der Waals surface area contributed by atoms with Crippen LogP contribution in [0.2, 0.25) is 5.02 Å². The fourth-order valence-corrected chi connectivity index (χ4v) is 2.75. The molecule has 2 aliphatic rings. The Morgan fingerprint density at radius 3 is 2.25 bits per heavy atom. The molecule has 1 aliphatic carbocycles. The standard InChI is InChI=1S/C16H22BClO2/c1-15(2)16(3,4)20-17(19-15)13-8-7-12(14(18)10-13)9-11-5-6-11/h7-8,10-11H,5-6,9H2,1-4H3. The van der Waals surface area contributed by atoms with Crippen molar-refractivity contribution in [3.8, 4) is 0 Å². The first-order chi connectivity index (χ1) is 9.28. The maximum Gasteiger partial charge on any atom is 0.494 e. The van der Waals surface area contributed by atoms with E-state index in [1.54, 1.807) is 0 Å². The average Bonchev–Trinajstić information content (AvgIpc) is 3.10. The van der Waals surface area contributed by atoms with Gasteiger partial charge in [0.15, 0.2) is 0 Å². The van der Waals surface area contributed by atoms with E-state index in [9.17, 15) is 0 Å². The molecule has 0 unspecified atom stereocenters. The van der Waals surface area contributed by atoms with Crippen LogP contribution in [0, 0.1) is 5.92 Å². The Bertz CT molecular complexity index is 507. The lowest BCUT2D eigenvalue weighted by Crippen LogP contribution is -2.41. The van der Waals surface area contributed by atoms with Gasteiger partial charge in [-0.25, -0.2) is 0 Å². The minimum atomic E-state index is -0.326. The molecular formula is C16H22BClO2. The predicted molar refractivity (Wildman–Crippen MR) is 83.6 cm³/mol. The summed E-state index contributed by atoms with van der Waals surface area (Å²) in [6.45, 7) is 8.26. The lowest BCUT2D eigenvalue weighted by Gasteiger charge is -2.32. The molecule has 4 heteroatoms. The molecule has 1 saturated heterocycles. The topological polar surface area (TPSA) is 18.5 Å². The van der Waals surface area contributed by atoms with E-state index in [0.29, 0.717) is 0 Å². The van der Waals surface area contributed by atoms with Crippen LogP contribution in [-0.4, -0.2) is 18.3 Å². The monoisotopic (exact) mass is 292 g/mol. The molecule has 1 saturated carbocycles. The van der Waals surface area contributed by atoms with Gasteiger partial charge in [0.2, 0.25) is 0 Å². The fraction of sp³-hybridized carbons (Fsp3) is 0.625. The first kappa shape index (κ1) is 14.4. The largest absolute Gasteiger partial charge is 0.494 e. The molecule has 0 atom stereocenters. The third-order valence-electron chi connectivity index (χ3n) is 4.81. The molecule has 1 aromatic carbocycles. The van der Waals surface area contributed by atoms with E-state index in [4.69, 9.17) is 20.9 Å². The van der Waals surface area contributed by atoms with Gasteiger partial charge in [-0.2, -0.15) is 0 Å². The highest BCUT2D eigenvalue weighted by Gasteiger charge is 2.51. The van der Waals surface area contributed by atoms with Crippen molar-refractivity contribution in [2.75, 3.05) is 0 Å². The highest BCUT2D eigenvalue weighted by molar-refractivity contribution is 6.62. The molecule has 2 nitrogen and oxygen atoms in total. The zero-order valence-electron chi connectivity index (χ0n) is 12.7. The van der Waals surface area contributed by atoms with Crippen molar-refractivity contribution in [2.45, 2.75) is 58.2 Å². The summed E-state index contributed by atoms with van der Waals surface area (Å²) in [5.41, 5.74) is 1.64. The van der Waals surface area contributed by atoms with Crippen LogP contribution in [0.25, 0.3) is 0 Å². The second-order valence-electron chi connectivity index (χ2n) is 7.09. The van der Waals surface area contributed by atoms with Crippen LogP contribution in [0.1, 0.15) is 46.1 Å². The molecule has 0 aromatic heterocycles. The Labute approximate surface area is 126 Å². The van der Waals surface area contributed by atoms with Gasteiger partial charge in [0, 0.05) is 5.02 Å². The second-order valence-corrected chi connectivity index (χ2v) is 7.49. The van der Waals surface area contributed by atoms with Crippen LogP contribution < -0.4 is 5.46 Å².